The van der Waals surface area contributed by atoms with E-state index in [1.807, 2.05) is 36.4 Å². The van der Waals surface area contributed by atoms with Crippen LogP contribution in [0.1, 0.15) is 0 Å². The number of ether oxygens (including phenoxy) is 2. The third-order valence-electron chi connectivity index (χ3n) is 2.95. The van der Waals surface area contributed by atoms with Crippen molar-refractivity contribution in [2.75, 3.05) is 6.61 Å². The summed E-state index contributed by atoms with van der Waals surface area (Å²) in [5.74, 6) is 0.0162. The van der Waals surface area contributed by atoms with Gasteiger partial charge in [0.2, 0.25) is 0 Å². The maximum absolute atomic E-state index is 11.9. The fourth-order valence-corrected chi connectivity index (χ4v) is 1.98. The van der Waals surface area contributed by atoms with Crippen LogP contribution in [-0.2, 0) is 9.53 Å². The number of hydrogen-bond donors (Lipinski definition) is 0. The van der Waals surface area contributed by atoms with E-state index in [4.69, 9.17) is 9.47 Å². The molecule has 90 valence electrons. The molecule has 1 atom stereocenters. The molecule has 0 radical (unpaired) electrons. The molecule has 0 spiro atoms. The Balaban J connectivity index is 1.90. The summed E-state index contributed by atoms with van der Waals surface area (Å²) in [6, 6.07) is 13.5. The Labute approximate surface area is 105 Å². The molecule has 0 aromatic heterocycles. The second kappa shape index (κ2) is 4.53. The Hall–Kier alpha value is -2.29. The molecule has 0 bridgehead atoms. The van der Waals surface area contributed by atoms with Gasteiger partial charge in [-0.05, 0) is 17.5 Å². The maximum Gasteiger partial charge on any atom is 0.321 e. The van der Waals surface area contributed by atoms with Crippen LogP contribution in [0.15, 0.2) is 54.8 Å². The number of esters is 1. The predicted molar refractivity (Wildman–Crippen MR) is 68.2 cm³/mol. The number of carbonyl (C=O) groups is 1. The lowest BCUT2D eigenvalue weighted by Gasteiger charge is -2.09. The number of hydrogen-bond acceptors (Lipinski definition) is 3. The van der Waals surface area contributed by atoms with Gasteiger partial charge in [0.1, 0.15) is 18.3 Å². The third kappa shape index (κ3) is 1.95. The molecular formula is C15H12O3. The molecule has 0 saturated carbocycles. The molecule has 18 heavy (non-hydrogen) atoms. The Morgan fingerprint density at radius 1 is 1.17 bits per heavy atom. The molecule has 0 aliphatic carbocycles. The highest BCUT2D eigenvalue weighted by atomic mass is 16.5. The van der Waals surface area contributed by atoms with Gasteiger partial charge in [-0.3, -0.25) is 4.79 Å². The zero-order chi connectivity index (χ0) is 12.4. The first kappa shape index (κ1) is 10.8. The van der Waals surface area contributed by atoms with Crippen LogP contribution in [0, 0.1) is 5.92 Å². The topological polar surface area (TPSA) is 35.5 Å². The highest BCUT2D eigenvalue weighted by Crippen LogP contribution is 2.26. The summed E-state index contributed by atoms with van der Waals surface area (Å²) in [6.07, 6.45) is 3.25. The van der Waals surface area contributed by atoms with E-state index in [1.165, 1.54) is 6.26 Å². The van der Waals surface area contributed by atoms with E-state index >= 15 is 0 Å². The van der Waals surface area contributed by atoms with Crippen molar-refractivity contribution in [1.29, 1.82) is 0 Å². The fourth-order valence-electron chi connectivity index (χ4n) is 1.98. The normalized spacial score (nSPS) is 17.7. The zero-order valence-corrected chi connectivity index (χ0v) is 9.71. The summed E-state index contributed by atoms with van der Waals surface area (Å²) in [5, 5.41) is 2.00. The van der Waals surface area contributed by atoms with Crippen LogP contribution < -0.4 is 4.74 Å². The van der Waals surface area contributed by atoms with Crippen molar-refractivity contribution in [3.63, 3.8) is 0 Å². The van der Waals surface area contributed by atoms with Gasteiger partial charge < -0.3 is 9.47 Å². The zero-order valence-electron chi connectivity index (χ0n) is 9.71. The average molecular weight is 240 g/mol. The second-order valence-corrected chi connectivity index (χ2v) is 4.17. The van der Waals surface area contributed by atoms with Crippen molar-refractivity contribution in [3.8, 4) is 5.75 Å². The van der Waals surface area contributed by atoms with Gasteiger partial charge >= 0.3 is 5.97 Å². The summed E-state index contributed by atoms with van der Waals surface area (Å²) in [4.78, 5) is 11.9. The van der Waals surface area contributed by atoms with Crippen molar-refractivity contribution in [2.45, 2.75) is 0 Å². The number of rotatable bonds is 2. The van der Waals surface area contributed by atoms with Crippen LogP contribution in [0.2, 0.25) is 0 Å². The molecule has 1 heterocycles. The van der Waals surface area contributed by atoms with E-state index in [0.717, 1.165) is 10.8 Å². The minimum absolute atomic E-state index is 0.278. The number of fused-ring (bicyclic) bond motifs is 1. The van der Waals surface area contributed by atoms with E-state index in [0.29, 0.717) is 12.4 Å². The van der Waals surface area contributed by atoms with Crippen molar-refractivity contribution in [1.82, 2.24) is 0 Å². The molecule has 0 saturated heterocycles. The monoisotopic (exact) mass is 240 g/mol. The fraction of sp³-hybridized carbons (Fsp3) is 0.133. The van der Waals surface area contributed by atoms with E-state index in [1.54, 1.807) is 12.1 Å². The molecule has 0 amide bonds. The Morgan fingerprint density at radius 3 is 2.83 bits per heavy atom. The molecule has 0 fully saturated rings. The number of benzene rings is 2. The van der Waals surface area contributed by atoms with Gasteiger partial charge in [-0.2, -0.15) is 0 Å². The van der Waals surface area contributed by atoms with Crippen molar-refractivity contribution >= 4 is 16.7 Å². The van der Waals surface area contributed by atoms with Gasteiger partial charge in [0.25, 0.3) is 0 Å². The Morgan fingerprint density at radius 2 is 2.00 bits per heavy atom. The molecular weight excluding hydrogens is 228 g/mol. The van der Waals surface area contributed by atoms with Crippen LogP contribution >= 0.6 is 0 Å². The van der Waals surface area contributed by atoms with Crippen LogP contribution in [0.4, 0.5) is 0 Å². The van der Waals surface area contributed by atoms with Gasteiger partial charge in [0.05, 0.1) is 6.26 Å². The minimum Gasteiger partial charge on any atom is -0.500 e. The first-order chi connectivity index (χ1) is 8.84. The Kier molecular flexibility index (Phi) is 2.73. The smallest absolute Gasteiger partial charge is 0.321 e. The maximum atomic E-state index is 11.9. The molecule has 1 unspecified atom stereocenters. The molecule has 1 aliphatic rings. The standard InChI is InChI=1S/C15H12O3/c16-15(12-8-9-17-10-12)18-14-7-3-5-11-4-1-2-6-13(11)14/h1-9,12H,10H2. The summed E-state index contributed by atoms with van der Waals surface area (Å²) >= 11 is 0. The first-order valence-electron chi connectivity index (χ1n) is 5.82. The van der Waals surface area contributed by atoms with Gasteiger partial charge in [0.15, 0.2) is 0 Å². The second-order valence-electron chi connectivity index (χ2n) is 4.17. The molecule has 3 heteroatoms. The van der Waals surface area contributed by atoms with Crippen LogP contribution in [0.3, 0.4) is 0 Å². The summed E-state index contributed by atoms with van der Waals surface area (Å²) < 4.78 is 10.5. The summed E-state index contributed by atoms with van der Waals surface area (Å²) in [7, 11) is 0. The van der Waals surface area contributed by atoms with Gasteiger partial charge in [-0.1, -0.05) is 36.4 Å². The molecule has 3 nitrogen and oxygen atoms in total. The SMILES string of the molecule is O=C(Oc1cccc2ccccc12)C1C=COC1. The molecule has 2 aromatic carbocycles. The van der Waals surface area contributed by atoms with E-state index < -0.39 is 0 Å². The van der Waals surface area contributed by atoms with Gasteiger partial charge in [-0.15, -0.1) is 0 Å². The van der Waals surface area contributed by atoms with Crippen molar-refractivity contribution in [2.24, 2.45) is 5.92 Å². The van der Waals surface area contributed by atoms with Crippen molar-refractivity contribution < 1.29 is 14.3 Å². The van der Waals surface area contributed by atoms with Gasteiger partial charge in [-0.25, -0.2) is 0 Å². The predicted octanol–water partition coefficient (Wildman–Crippen LogP) is 2.91. The van der Waals surface area contributed by atoms with Crippen molar-refractivity contribution in [3.05, 3.63) is 54.8 Å². The molecule has 2 aromatic rings. The molecule has 1 aliphatic heterocycles. The van der Waals surface area contributed by atoms with E-state index in [9.17, 15) is 4.79 Å². The first-order valence-corrected chi connectivity index (χ1v) is 5.82. The average Bonchev–Trinajstić information content (AvgIpc) is 2.93. The highest BCUT2D eigenvalue weighted by molar-refractivity contribution is 5.90. The number of carbonyl (C=O) groups excluding carboxylic acids is 1. The lowest BCUT2D eigenvalue weighted by Crippen LogP contribution is -2.20. The third-order valence-corrected chi connectivity index (χ3v) is 2.95. The van der Waals surface area contributed by atoms with E-state index in [2.05, 4.69) is 0 Å². The summed E-state index contributed by atoms with van der Waals surface area (Å²) in [6.45, 7) is 0.365. The lowest BCUT2D eigenvalue weighted by molar-refractivity contribution is -0.137. The van der Waals surface area contributed by atoms with Crippen LogP contribution in [0.5, 0.6) is 5.75 Å². The highest BCUT2D eigenvalue weighted by Gasteiger charge is 2.22. The lowest BCUT2D eigenvalue weighted by atomic mass is 10.1. The Bertz CT molecular complexity index is 611. The molecule has 0 N–H and O–H groups in total. The van der Waals surface area contributed by atoms with Crippen LogP contribution in [-0.4, -0.2) is 12.6 Å². The minimum atomic E-state index is -0.302. The van der Waals surface area contributed by atoms with Crippen LogP contribution in [0.25, 0.3) is 10.8 Å². The largest absolute Gasteiger partial charge is 0.500 e. The summed E-state index contributed by atoms with van der Waals surface area (Å²) in [5.41, 5.74) is 0. The quantitative estimate of drug-likeness (QED) is 0.598. The molecule has 3 rings (SSSR count). The van der Waals surface area contributed by atoms with Gasteiger partial charge in [0, 0.05) is 5.39 Å². The van der Waals surface area contributed by atoms with E-state index in [-0.39, 0.29) is 11.9 Å².